The second kappa shape index (κ2) is 6.58. The van der Waals surface area contributed by atoms with Crippen molar-refractivity contribution >= 4 is 0 Å². The number of pyridine rings is 1. The fourth-order valence-corrected chi connectivity index (χ4v) is 1.98. The number of aliphatic hydroxyl groups excluding tert-OH is 1. The number of ether oxygens (including phenoxy) is 1. The van der Waals surface area contributed by atoms with Gasteiger partial charge >= 0.3 is 6.36 Å². The van der Waals surface area contributed by atoms with Gasteiger partial charge in [-0.1, -0.05) is 18.2 Å². The Hall–Kier alpha value is -2.08. The maximum absolute atomic E-state index is 12.3. The van der Waals surface area contributed by atoms with Gasteiger partial charge in [-0.05, 0) is 36.6 Å². The smallest absolute Gasteiger partial charge is 0.405 e. The molecular formula is C15H14F3NO2. The molecule has 1 aromatic carbocycles. The molecule has 0 aliphatic carbocycles. The van der Waals surface area contributed by atoms with Crippen molar-refractivity contribution in [3.63, 3.8) is 0 Å². The van der Waals surface area contributed by atoms with Crippen LogP contribution in [0.5, 0.6) is 5.75 Å². The third kappa shape index (κ3) is 4.75. The first-order chi connectivity index (χ1) is 9.96. The monoisotopic (exact) mass is 297 g/mol. The van der Waals surface area contributed by atoms with Crippen LogP contribution in [0.1, 0.15) is 23.7 Å². The van der Waals surface area contributed by atoms with E-state index in [-0.39, 0.29) is 11.3 Å². The third-order valence-corrected chi connectivity index (χ3v) is 2.96. The summed E-state index contributed by atoms with van der Waals surface area (Å²) >= 11 is 0. The molecule has 0 saturated heterocycles. The van der Waals surface area contributed by atoms with Gasteiger partial charge in [0.05, 0.1) is 6.10 Å². The average molecular weight is 297 g/mol. The van der Waals surface area contributed by atoms with Gasteiger partial charge in [0.15, 0.2) is 0 Å². The molecule has 1 N–H and O–H groups in total. The zero-order chi connectivity index (χ0) is 15.3. The summed E-state index contributed by atoms with van der Waals surface area (Å²) in [5.74, 6) is -0.368. The van der Waals surface area contributed by atoms with Crippen LogP contribution in [0, 0.1) is 0 Å². The summed E-state index contributed by atoms with van der Waals surface area (Å²) in [5.41, 5.74) is 1.09. The van der Waals surface area contributed by atoms with Gasteiger partial charge in [-0.25, -0.2) is 0 Å². The number of alkyl halides is 3. The molecule has 0 aliphatic rings. The van der Waals surface area contributed by atoms with Crippen LogP contribution in [-0.4, -0.2) is 16.5 Å². The number of halogens is 3. The van der Waals surface area contributed by atoms with Crippen LogP contribution in [-0.2, 0) is 6.42 Å². The van der Waals surface area contributed by atoms with Gasteiger partial charge in [0, 0.05) is 18.0 Å². The van der Waals surface area contributed by atoms with Crippen molar-refractivity contribution in [2.45, 2.75) is 25.3 Å². The highest BCUT2D eigenvalue weighted by Crippen LogP contribution is 2.32. The molecule has 0 fully saturated rings. The number of aromatic nitrogens is 1. The summed E-state index contributed by atoms with van der Waals surface area (Å²) in [5, 5.41) is 10.1. The maximum atomic E-state index is 12.3. The lowest BCUT2D eigenvalue weighted by molar-refractivity contribution is -0.275. The van der Waals surface area contributed by atoms with E-state index in [0.717, 1.165) is 5.56 Å². The highest BCUT2D eigenvalue weighted by atomic mass is 19.4. The van der Waals surface area contributed by atoms with Gasteiger partial charge in [0.2, 0.25) is 0 Å². The van der Waals surface area contributed by atoms with Crippen molar-refractivity contribution in [3.05, 3.63) is 59.9 Å². The molecule has 112 valence electrons. The molecule has 2 aromatic rings. The van der Waals surface area contributed by atoms with Crippen molar-refractivity contribution in [2.75, 3.05) is 0 Å². The first-order valence-corrected chi connectivity index (χ1v) is 6.37. The Bertz CT molecular complexity index is 573. The number of aliphatic hydroxyl groups is 1. The Morgan fingerprint density at radius 2 is 1.76 bits per heavy atom. The van der Waals surface area contributed by atoms with E-state index in [4.69, 9.17) is 0 Å². The van der Waals surface area contributed by atoms with Crippen molar-refractivity contribution in [2.24, 2.45) is 0 Å². The number of rotatable bonds is 5. The van der Waals surface area contributed by atoms with Crippen LogP contribution in [0.2, 0.25) is 0 Å². The molecule has 0 bridgehead atoms. The second-order valence-corrected chi connectivity index (χ2v) is 4.50. The predicted octanol–water partition coefficient (Wildman–Crippen LogP) is 3.65. The number of nitrogens with zero attached hydrogens (tertiary/aromatic N) is 1. The van der Waals surface area contributed by atoms with Gasteiger partial charge in [0.1, 0.15) is 5.75 Å². The van der Waals surface area contributed by atoms with E-state index in [1.54, 1.807) is 30.6 Å². The molecule has 1 heterocycles. The van der Waals surface area contributed by atoms with E-state index < -0.39 is 12.5 Å². The molecule has 1 aromatic heterocycles. The minimum atomic E-state index is -4.78. The quantitative estimate of drug-likeness (QED) is 0.916. The van der Waals surface area contributed by atoms with Crippen molar-refractivity contribution < 1.29 is 23.0 Å². The van der Waals surface area contributed by atoms with Crippen LogP contribution >= 0.6 is 0 Å². The summed E-state index contributed by atoms with van der Waals surface area (Å²) in [4.78, 5) is 3.88. The largest absolute Gasteiger partial charge is 0.573 e. The number of aryl methyl sites for hydroxylation is 1. The first-order valence-electron chi connectivity index (χ1n) is 6.37. The third-order valence-electron chi connectivity index (χ3n) is 2.96. The Kier molecular flexibility index (Phi) is 4.80. The van der Waals surface area contributed by atoms with E-state index in [9.17, 15) is 18.3 Å². The lowest BCUT2D eigenvalue weighted by Crippen LogP contribution is -2.18. The van der Waals surface area contributed by atoms with E-state index in [0.29, 0.717) is 12.8 Å². The number of hydrogen-bond acceptors (Lipinski definition) is 3. The van der Waals surface area contributed by atoms with Crippen LogP contribution in [0.3, 0.4) is 0 Å². The highest BCUT2D eigenvalue weighted by molar-refractivity contribution is 5.35. The SMILES string of the molecule is OC(CCc1ccncc1)c1ccccc1OC(F)(F)F. The highest BCUT2D eigenvalue weighted by Gasteiger charge is 2.32. The minimum Gasteiger partial charge on any atom is -0.405 e. The molecule has 3 nitrogen and oxygen atoms in total. The summed E-state index contributed by atoms with van der Waals surface area (Å²) in [6.45, 7) is 0. The molecule has 6 heteroatoms. The van der Waals surface area contributed by atoms with E-state index in [1.165, 1.54) is 18.2 Å². The Labute approximate surface area is 120 Å². The summed E-state index contributed by atoms with van der Waals surface area (Å²) in [6, 6.07) is 9.21. The van der Waals surface area contributed by atoms with Crippen LogP contribution in [0.4, 0.5) is 13.2 Å². The van der Waals surface area contributed by atoms with Crippen molar-refractivity contribution in [3.8, 4) is 5.75 Å². The van der Waals surface area contributed by atoms with E-state index >= 15 is 0 Å². The summed E-state index contributed by atoms with van der Waals surface area (Å²) in [7, 11) is 0. The van der Waals surface area contributed by atoms with Gasteiger partial charge < -0.3 is 9.84 Å². The van der Waals surface area contributed by atoms with Crippen molar-refractivity contribution in [1.82, 2.24) is 4.98 Å². The molecular weight excluding hydrogens is 283 g/mol. The fourth-order valence-electron chi connectivity index (χ4n) is 1.98. The van der Waals surface area contributed by atoms with Gasteiger partial charge in [-0.3, -0.25) is 4.98 Å². The first kappa shape index (κ1) is 15.3. The van der Waals surface area contributed by atoms with E-state index in [2.05, 4.69) is 9.72 Å². The summed E-state index contributed by atoms with van der Waals surface area (Å²) < 4.78 is 40.9. The lowest BCUT2D eigenvalue weighted by Gasteiger charge is -2.17. The van der Waals surface area contributed by atoms with Gasteiger partial charge in [0.25, 0.3) is 0 Å². The van der Waals surface area contributed by atoms with Gasteiger partial charge in [-0.2, -0.15) is 0 Å². The Morgan fingerprint density at radius 3 is 2.43 bits per heavy atom. The standard InChI is InChI=1S/C15H14F3NO2/c16-15(17,18)21-14-4-2-1-3-12(14)13(20)6-5-11-7-9-19-10-8-11/h1-4,7-10,13,20H,5-6H2. The van der Waals surface area contributed by atoms with Crippen molar-refractivity contribution in [1.29, 1.82) is 0 Å². The number of benzene rings is 1. The minimum absolute atomic E-state index is 0.129. The molecule has 0 saturated carbocycles. The van der Waals surface area contributed by atoms with E-state index in [1.807, 2.05) is 0 Å². The number of para-hydroxylation sites is 1. The molecule has 1 unspecified atom stereocenters. The predicted molar refractivity (Wildman–Crippen MR) is 70.6 cm³/mol. The molecule has 1 atom stereocenters. The lowest BCUT2D eigenvalue weighted by atomic mass is 10.0. The molecule has 0 spiro atoms. The normalized spacial score (nSPS) is 13.0. The topological polar surface area (TPSA) is 42.4 Å². The average Bonchev–Trinajstić information content (AvgIpc) is 2.45. The Morgan fingerprint density at radius 1 is 1.10 bits per heavy atom. The van der Waals surface area contributed by atoms with Crippen LogP contribution in [0.25, 0.3) is 0 Å². The maximum Gasteiger partial charge on any atom is 0.573 e. The Balaban J connectivity index is 2.07. The zero-order valence-corrected chi connectivity index (χ0v) is 11.0. The molecule has 0 aliphatic heterocycles. The molecule has 21 heavy (non-hydrogen) atoms. The van der Waals surface area contributed by atoms with Crippen LogP contribution < -0.4 is 4.74 Å². The molecule has 2 rings (SSSR count). The number of hydrogen-bond donors (Lipinski definition) is 1. The van der Waals surface area contributed by atoms with Gasteiger partial charge in [-0.15, -0.1) is 13.2 Å². The summed E-state index contributed by atoms with van der Waals surface area (Å²) in [6.07, 6.45) is -1.73. The molecule has 0 radical (unpaired) electrons. The molecule has 0 amide bonds. The second-order valence-electron chi connectivity index (χ2n) is 4.50. The van der Waals surface area contributed by atoms with Crippen LogP contribution in [0.15, 0.2) is 48.8 Å². The fraction of sp³-hybridized carbons (Fsp3) is 0.267. The zero-order valence-electron chi connectivity index (χ0n) is 11.0.